The highest BCUT2D eigenvalue weighted by atomic mass is 32.2. The first kappa shape index (κ1) is 16.8. The molecule has 0 aromatic heterocycles. The fraction of sp³-hybridized carbons (Fsp3) is 0.462. The molecule has 1 aromatic rings. The Morgan fingerprint density at radius 1 is 1.32 bits per heavy atom. The third kappa shape index (κ3) is 3.41. The van der Waals surface area contributed by atoms with Crippen LogP contribution < -0.4 is 0 Å². The first-order valence-corrected chi connectivity index (χ1v) is 8.01. The molecule has 22 heavy (non-hydrogen) atoms. The zero-order valence-electron chi connectivity index (χ0n) is 11.8. The van der Waals surface area contributed by atoms with Crippen LogP contribution in [-0.2, 0) is 21.4 Å². The van der Waals surface area contributed by atoms with E-state index in [0.717, 1.165) is 4.31 Å². The van der Waals surface area contributed by atoms with E-state index in [4.69, 9.17) is 0 Å². The second-order valence-electron chi connectivity index (χ2n) is 4.90. The van der Waals surface area contributed by atoms with Gasteiger partial charge in [0.15, 0.2) is 0 Å². The van der Waals surface area contributed by atoms with Crippen molar-refractivity contribution in [2.24, 2.45) is 0 Å². The Kier molecular flexibility index (Phi) is 4.48. The number of carbonyl (C=O) groups is 1. The maximum Gasteiger partial charge on any atom is 0.406 e. The predicted molar refractivity (Wildman–Crippen MR) is 72.3 cm³/mol. The van der Waals surface area contributed by atoms with E-state index in [1.54, 1.807) is 18.2 Å². The van der Waals surface area contributed by atoms with Gasteiger partial charge in [-0.25, -0.2) is 8.42 Å². The number of hydrogen-bond acceptors (Lipinski definition) is 3. The van der Waals surface area contributed by atoms with Crippen LogP contribution in [0.25, 0.3) is 0 Å². The molecule has 0 saturated heterocycles. The Bertz CT molecular complexity index is 673. The maximum absolute atomic E-state index is 12.4. The second kappa shape index (κ2) is 5.88. The molecule has 1 amide bonds. The lowest BCUT2D eigenvalue weighted by atomic mass is 10.2. The molecule has 0 saturated carbocycles. The summed E-state index contributed by atoms with van der Waals surface area (Å²) in [4.78, 5) is 12.7. The molecular formula is C13H15F3N2O3S. The summed E-state index contributed by atoms with van der Waals surface area (Å²) in [5, 5.41) is 0. The van der Waals surface area contributed by atoms with Crippen molar-refractivity contribution in [3.05, 3.63) is 29.8 Å². The van der Waals surface area contributed by atoms with Crippen molar-refractivity contribution in [2.75, 3.05) is 19.6 Å². The molecule has 0 spiro atoms. The summed E-state index contributed by atoms with van der Waals surface area (Å²) in [5.74, 6) is -0.865. The van der Waals surface area contributed by atoms with E-state index >= 15 is 0 Å². The van der Waals surface area contributed by atoms with Crippen LogP contribution in [0.1, 0.15) is 12.5 Å². The first-order valence-electron chi connectivity index (χ1n) is 6.57. The molecule has 0 atom stereocenters. The summed E-state index contributed by atoms with van der Waals surface area (Å²) in [7, 11) is -3.82. The minimum absolute atomic E-state index is 0.00613. The van der Waals surface area contributed by atoms with Crippen LogP contribution in [0.15, 0.2) is 29.2 Å². The van der Waals surface area contributed by atoms with Gasteiger partial charge < -0.3 is 4.90 Å². The molecule has 1 aliphatic rings. The molecule has 122 valence electrons. The van der Waals surface area contributed by atoms with Crippen LogP contribution >= 0.6 is 0 Å². The Morgan fingerprint density at radius 3 is 2.50 bits per heavy atom. The maximum atomic E-state index is 12.4. The Morgan fingerprint density at radius 2 is 1.95 bits per heavy atom. The third-order valence-corrected chi connectivity index (χ3v) is 5.25. The molecule has 1 aromatic carbocycles. The number of sulfonamides is 1. The summed E-state index contributed by atoms with van der Waals surface area (Å²) in [6.07, 6.45) is -4.52. The summed E-state index contributed by atoms with van der Waals surface area (Å²) < 4.78 is 62.6. The highest BCUT2D eigenvalue weighted by Crippen LogP contribution is 2.29. The number of amides is 1. The van der Waals surface area contributed by atoms with Gasteiger partial charge in [0.2, 0.25) is 15.9 Å². The van der Waals surface area contributed by atoms with E-state index in [0.29, 0.717) is 10.5 Å². The van der Waals surface area contributed by atoms with Crippen LogP contribution in [0.2, 0.25) is 0 Å². The van der Waals surface area contributed by atoms with Gasteiger partial charge in [-0.1, -0.05) is 18.2 Å². The molecule has 1 aliphatic heterocycles. The molecule has 5 nitrogen and oxygen atoms in total. The molecule has 2 rings (SSSR count). The van der Waals surface area contributed by atoms with Crippen LogP contribution in [0, 0.1) is 0 Å². The van der Waals surface area contributed by atoms with Crippen molar-refractivity contribution >= 4 is 15.9 Å². The molecule has 0 aliphatic carbocycles. The molecule has 9 heteroatoms. The quantitative estimate of drug-likeness (QED) is 0.839. The lowest BCUT2D eigenvalue weighted by molar-refractivity contribution is -0.160. The average Bonchev–Trinajstić information content (AvgIpc) is 2.67. The van der Waals surface area contributed by atoms with E-state index in [-0.39, 0.29) is 18.0 Å². The second-order valence-corrected chi connectivity index (χ2v) is 6.81. The molecule has 0 N–H and O–H groups in total. The summed E-state index contributed by atoms with van der Waals surface area (Å²) in [6.45, 7) is -0.714. The van der Waals surface area contributed by atoms with Gasteiger partial charge in [-0.05, 0) is 18.6 Å². The average molecular weight is 336 g/mol. The normalized spacial score (nSPS) is 17.3. The van der Waals surface area contributed by atoms with E-state index in [2.05, 4.69) is 0 Å². The van der Waals surface area contributed by atoms with E-state index in [9.17, 15) is 26.4 Å². The summed E-state index contributed by atoms with van der Waals surface area (Å²) in [5.41, 5.74) is 0.536. The topological polar surface area (TPSA) is 57.7 Å². The zero-order valence-corrected chi connectivity index (χ0v) is 12.6. The van der Waals surface area contributed by atoms with Gasteiger partial charge in [0.05, 0.1) is 11.4 Å². The van der Waals surface area contributed by atoms with Crippen molar-refractivity contribution in [3.63, 3.8) is 0 Å². The number of nitrogens with zero attached hydrogens (tertiary/aromatic N) is 2. The van der Waals surface area contributed by atoms with Crippen molar-refractivity contribution in [3.8, 4) is 0 Å². The minimum Gasteiger partial charge on any atom is -0.333 e. The number of halogens is 3. The number of likely N-dealkylation sites (N-methyl/N-ethyl adjacent to an activating group) is 1. The monoisotopic (exact) mass is 336 g/mol. The molecule has 0 radical (unpaired) electrons. The fourth-order valence-electron chi connectivity index (χ4n) is 2.28. The van der Waals surface area contributed by atoms with Crippen molar-refractivity contribution in [1.82, 2.24) is 9.21 Å². The van der Waals surface area contributed by atoms with Gasteiger partial charge in [-0.15, -0.1) is 0 Å². The Labute approximate surface area is 126 Å². The van der Waals surface area contributed by atoms with Crippen LogP contribution in [-0.4, -0.2) is 49.3 Å². The van der Waals surface area contributed by atoms with E-state index in [1.807, 2.05) is 0 Å². The lowest BCUT2D eigenvalue weighted by Crippen LogP contribution is -2.44. The van der Waals surface area contributed by atoms with Gasteiger partial charge in [0.1, 0.15) is 6.54 Å². The van der Waals surface area contributed by atoms with E-state index < -0.39 is 35.2 Å². The number of carbonyl (C=O) groups excluding carboxylic acids is 1. The number of rotatable bonds is 4. The Balaban J connectivity index is 2.14. The summed E-state index contributed by atoms with van der Waals surface area (Å²) >= 11 is 0. The Hall–Kier alpha value is -1.61. The zero-order chi connectivity index (χ0) is 16.5. The molecule has 0 bridgehead atoms. The smallest absolute Gasteiger partial charge is 0.333 e. The van der Waals surface area contributed by atoms with Gasteiger partial charge in [-0.2, -0.15) is 17.5 Å². The standard InChI is InChI=1S/C13H15F3N2O3S/c1-2-17(9-13(14,15)16)12(19)8-18-7-10-5-3-4-6-11(10)22(18,20)21/h3-6H,2,7-9H2,1H3. The fourth-order valence-corrected chi connectivity index (χ4v) is 3.87. The van der Waals surface area contributed by atoms with Gasteiger partial charge in [0.25, 0.3) is 0 Å². The first-order chi connectivity index (χ1) is 10.1. The molecule has 0 unspecified atom stereocenters. The van der Waals surface area contributed by atoms with Crippen LogP contribution in [0.3, 0.4) is 0 Å². The van der Waals surface area contributed by atoms with Gasteiger partial charge in [-0.3, -0.25) is 4.79 Å². The number of fused-ring (bicyclic) bond motifs is 1. The number of hydrogen-bond donors (Lipinski definition) is 0. The molecule has 1 heterocycles. The molecular weight excluding hydrogens is 321 g/mol. The van der Waals surface area contributed by atoms with Crippen LogP contribution in [0.4, 0.5) is 13.2 Å². The predicted octanol–water partition coefficient (Wildman–Crippen LogP) is 1.60. The number of alkyl halides is 3. The summed E-state index contributed by atoms with van der Waals surface area (Å²) in [6, 6.07) is 6.26. The van der Waals surface area contributed by atoms with Crippen molar-refractivity contribution in [2.45, 2.75) is 24.5 Å². The highest BCUT2D eigenvalue weighted by Gasteiger charge is 2.38. The largest absolute Gasteiger partial charge is 0.406 e. The number of benzene rings is 1. The third-order valence-electron chi connectivity index (χ3n) is 3.35. The minimum atomic E-state index is -4.52. The molecule has 0 fully saturated rings. The lowest BCUT2D eigenvalue weighted by Gasteiger charge is -2.24. The SMILES string of the molecule is CCN(CC(F)(F)F)C(=O)CN1Cc2ccccc2S1(=O)=O. The van der Waals surface area contributed by atoms with Crippen molar-refractivity contribution < 1.29 is 26.4 Å². The van der Waals surface area contributed by atoms with E-state index in [1.165, 1.54) is 13.0 Å². The van der Waals surface area contributed by atoms with Crippen molar-refractivity contribution in [1.29, 1.82) is 0 Å². The van der Waals surface area contributed by atoms with Gasteiger partial charge >= 0.3 is 6.18 Å². The van der Waals surface area contributed by atoms with Gasteiger partial charge in [0, 0.05) is 13.1 Å². The van der Waals surface area contributed by atoms with Crippen LogP contribution in [0.5, 0.6) is 0 Å². The highest BCUT2D eigenvalue weighted by molar-refractivity contribution is 7.89.